The van der Waals surface area contributed by atoms with Gasteiger partial charge in [-0.2, -0.15) is 0 Å². The van der Waals surface area contributed by atoms with Crippen LogP contribution in [-0.2, 0) is 32.7 Å². The highest BCUT2D eigenvalue weighted by Gasteiger charge is 2.22. The summed E-state index contributed by atoms with van der Waals surface area (Å²) >= 11 is 0. The van der Waals surface area contributed by atoms with Crippen LogP contribution in [-0.4, -0.2) is 70.0 Å². The van der Waals surface area contributed by atoms with E-state index in [0.29, 0.717) is 17.4 Å². The van der Waals surface area contributed by atoms with Gasteiger partial charge >= 0.3 is 11.9 Å². The van der Waals surface area contributed by atoms with Gasteiger partial charge in [0, 0.05) is 12.8 Å². The number of nitrogens with zero attached hydrogens (tertiary/aromatic N) is 1. The van der Waals surface area contributed by atoms with Gasteiger partial charge in [-0.15, -0.1) is 0 Å². The Kier molecular flexibility index (Phi) is 55.6. The average Bonchev–Trinajstić information content (AvgIpc) is 3.37. The number of carbonyl (C=O) groups is 2. The predicted molar refractivity (Wildman–Crippen MR) is 319 cm³/mol. The van der Waals surface area contributed by atoms with Gasteiger partial charge < -0.3 is 27.9 Å². The number of allylic oxidation sites excluding steroid dienone is 6. The van der Waals surface area contributed by atoms with Crippen LogP contribution in [0.15, 0.2) is 36.5 Å². The van der Waals surface area contributed by atoms with E-state index in [4.69, 9.17) is 18.5 Å². The van der Waals surface area contributed by atoms with Crippen LogP contribution < -0.4 is 4.89 Å². The quantitative estimate of drug-likeness (QED) is 0.0195. The van der Waals surface area contributed by atoms with E-state index in [1.807, 2.05) is 21.1 Å². The van der Waals surface area contributed by atoms with Crippen molar-refractivity contribution in [3.8, 4) is 0 Å². The summed E-state index contributed by atoms with van der Waals surface area (Å²) in [6.45, 7) is 4.25. The highest BCUT2D eigenvalue weighted by atomic mass is 31.2. The molecule has 0 saturated carbocycles. The minimum atomic E-state index is -4.64. The smallest absolute Gasteiger partial charge is 0.306 e. The number of hydrogen-bond donors (Lipinski definition) is 0. The number of carbonyl (C=O) groups excluding carboxylic acids is 2. The van der Waals surface area contributed by atoms with Gasteiger partial charge in [0.05, 0.1) is 27.7 Å². The SMILES string of the molecule is CCCCC/C=C\C/C=C\C/C=C\CCCCCCCCC(=O)OC(COC(=O)CCCCCCCCCCCCCCCCCCCCCCCCCCCCCCCCCC)COP(=O)([O-])OCC[N+](C)(C)C. The number of unbranched alkanes of at least 4 members (excludes halogenated alkanes) is 40. The maximum absolute atomic E-state index is 12.8. The van der Waals surface area contributed by atoms with E-state index < -0.39 is 26.5 Å². The molecule has 2 atom stereocenters. The standard InChI is InChI=1S/C65H124NO8P/c1-6-8-10-12-14-16-18-20-22-24-26-27-28-29-30-31-32-33-34-35-36-37-38-40-41-43-45-47-49-51-53-55-57-64(67)71-61-63(62-73-75(69,70)72-60-59-66(3,4)5)74-65(68)58-56-54-52-50-48-46-44-42-39-25-23-21-19-17-15-13-11-9-7-2/h15,17,21,23,39,42,63H,6-14,16,18-20,22,24-38,40-41,43-62H2,1-5H3/b17-15-,23-21-,42-39-. The van der Waals surface area contributed by atoms with E-state index in [1.54, 1.807) is 0 Å². The third-order valence-corrected chi connectivity index (χ3v) is 15.4. The first-order valence-corrected chi connectivity index (χ1v) is 33.7. The molecule has 0 aromatic rings. The molecule has 10 heteroatoms. The number of ether oxygens (including phenoxy) is 2. The summed E-state index contributed by atoms with van der Waals surface area (Å²) in [7, 11) is 1.17. The van der Waals surface area contributed by atoms with Gasteiger partial charge in [0.2, 0.25) is 0 Å². The van der Waals surface area contributed by atoms with Gasteiger partial charge in [-0.1, -0.05) is 288 Å². The van der Waals surface area contributed by atoms with Crippen molar-refractivity contribution >= 4 is 19.8 Å². The molecule has 0 rings (SSSR count). The Hall–Kier alpha value is -1.77. The fourth-order valence-electron chi connectivity index (χ4n) is 9.43. The van der Waals surface area contributed by atoms with E-state index in [9.17, 15) is 19.0 Å². The molecule has 442 valence electrons. The van der Waals surface area contributed by atoms with E-state index in [0.717, 1.165) is 70.6 Å². The summed E-state index contributed by atoms with van der Waals surface area (Å²) < 4.78 is 34.2. The average molecular weight is 1080 g/mol. The number of rotatable bonds is 60. The summed E-state index contributed by atoms with van der Waals surface area (Å²) in [4.78, 5) is 37.9. The lowest BCUT2D eigenvalue weighted by atomic mass is 10.0. The Morgan fingerprint density at radius 1 is 0.413 bits per heavy atom. The summed E-state index contributed by atoms with van der Waals surface area (Å²) in [6.07, 6.45) is 70.8. The Bertz CT molecular complexity index is 1360. The topological polar surface area (TPSA) is 111 Å². The fraction of sp³-hybridized carbons (Fsp3) is 0.877. The molecule has 0 aliphatic rings. The van der Waals surface area contributed by atoms with Gasteiger partial charge in [-0.05, 0) is 51.4 Å². The van der Waals surface area contributed by atoms with E-state index in [2.05, 4.69) is 50.3 Å². The first-order valence-electron chi connectivity index (χ1n) is 32.2. The van der Waals surface area contributed by atoms with E-state index in [-0.39, 0.29) is 32.0 Å². The van der Waals surface area contributed by atoms with Crippen molar-refractivity contribution in [2.24, 2.45) is 0 Å². The van der Waals surface area contributed by atoms with Crippen molar-refractivity contribution in [1.82, 2.24) is 0 Å². The zero-order valence-corrected chi connectivity index (χ0v) is 51.2. The minimum Gasteiger partial charge on any atom is -0.756 e. The largest absolute Gasteiger partial charge is 0.756 e. The van der Waals surface area contributed by atoms with Crippen molar-refractivity contribution in [1.29, 1.82) is 0 Å². The zero-order chi connectivity index (χ0) is 54.9. The molecule has 0 heterocycles. The number of quaternary nitrogens is 1. The van der Waals surface area contributed by atoms with Crippen LogP contribution in [0.2, 0.25) is 0 Å². The van der Waals surface area contributed by atoms with Crippen LogP contribution in [0.25, 0.3) is 0 Å². The third-order valence-electron chi connectivity index (χ3n) is 14.4. The lowest BCUT2D eigenvalue weighted by molar-refractivity contribution is -0.870. The third kappa shape index (κ3) is 61.3. The van der Waals surface area contributed by atoms with Crippen molar-refractivity contribution in [3.05, 3.63) is 36.5 Å². The Balaban J connectivity index is 4.00. The van der Waals surface area contributed by atoms with Gasteiger partial charge in [0.15, 0.2) is 6.10 Å². The Labute approximate surface area is 465 Å². The van der Waals surface area contributed by atoms with E-state index >= 15 is 0 Å². The van der Waals surface area contributed by atoms with Crippen LogP contribution in [0.1, 0.15) is 316 Å². The highest BCUT2D eigenvalue weighted by Crippen LogP contribution is 2.38. The number of esters is 2. The van der Waals surface area contributed by atoms with Gasteiger partial charge in [-0.25, -0.2) is 0 Å². The molecular formula is C65H124NO8P. The normalized spacial score (nSPS) is 13.4. The van der Waals surface area contributed by atoms with E-state index in [1.165, 1.54) is 212 Å². The van der Waals surface area contributed by atoms with Gasteiger partial charge in [-0.3, -0.25) is 14.2 Å². The molecule has 0 radical (unpaired) electrons. The molecule has 0 saturated heterocycles. The van der Waals surface area contributed by atoms with Crippen LogP contribution >= 0.6 is 7.82 Å². The monoisotopic (exact) mass is 1080 g/mol. The molecule has 0 fully saturated rings. The van der Waals surface area contributed by atoms with Crippen molar-refractivity contribution in [2.45, 2.75) is 322 Å². The van der Waals surface area contributed by atoms with Crippen LogP contribution in [0.3, 0.4) is 0 Å². The van der Waals surface area contributed by atoms with Crippen molar-refractivity contribution in [3.63, 3.8) is 0 Å². The fourth-order valence-corrected chi connectivity index (χ4v) is 10.2. The second-order valence-electron chi connectivity index (χ2n) is 23.1. The van der Waals surface area contributed by atoms with Crippen LogP contribution in [0.5, 0.6) is 0 Å². The van der Waals surface area contributed by atoms with Gasteiger partial charge in [0.25, 0.3) is 7.82 Å². The number of likely N-dealkylation sites (N-methyl/N-ethyl adjacent to an activating group) is 1. The second-order valence-corrected chi connectivity index (χ2v) is 24.5. The molecule has 0 aromatic carbocycles. The molecule has 2 unspecified atom stereocenters. The molecule has 75 heavy (non-hydrogen) atoms. The zero-order valence-electron chi connectivity index (χ0n) is 50.3. The molecule has 0 amide bonds. The molecule has 0 aliphatic carbocycles. The molecule has 0 bridgehead atoms. The molecule has 0 aliphatic heterocycles. The van der Waals surface area contributed by atoms with Crippen molar-refractivity contribution in [2.75, 3.05) is 47.5 Å². The van der Waals surface area contributed by atoms with Crippen molar-refractivity contribution < 1.29 is 42.1 Å². The molecule has 0 spiro atoms. The number of hydrogen-bond acceptors (Lipinski definition) is 8. The predicted octanol–water partition coefficient (Wildman–Crippen LogP) is 19.7. The van der Waals surface area contributed by atoms with Gasteiger partial charge in [0.1, 0.15) is 19.8 Å². The number of phosphoric ester groups is 1. The number of phosphoric acid groups is 1. The molecule has 9 nitrogen and oxygen atoms in total. The maximum Gasteiger partial charge on any atom is 0.306 e. The maximum atomic E-state index is 12.8. The molecule has 0 aromatic heterocycles. The Morgan fingerprint density at radius 2 is 0.720 bits per heavy atom. The summed E-state index contributed by atoms with van der Waals surface area (Å²) in [5, 5.41) is 0. The molecule has 0 N–H and O–H groups in total. The first-order chi connectivity index (χ1) is 36.5. The highest BCUT2D eigenvalue weighted by molar-refractivity contribution is 7.45. The van der Waals surface area contributed by atoms with Crippen LogP contribution in [0.4, 0.5) is 0 Å². The minimum absolute atomic E-state index is 0.0324. The van der Waals surface area contributed by atoms with Crippen LogP contribution in [0, 0.1) is 0 Å². The summed E-state index contributed by atoms with van der Waals surface area (Å²) in [5.41, 5.74) is 0. The molecular weight excluding hydrogens is 954 g/mol. The second kappa shape index (κ2) is 56.9. The lowest BCUT2D eigenvalue weighted by Crippen LogP contribution is -2.37. The summed E-state index contributed by atoms with van der Waals surface area (Å²) in [5.74, 6) is -0.834. The first kappa shape index (κ1) is 73.2. The Morgan fingerprint density at radius 3 is 1.09 bits per heavy atom. The summed E-state index contributed by atoms with van der Waals surface area (Å²) in [6, 6.07) is 0. The lowest BCUT2D eigenvalue weighted by Gasteiger charge is -2.28.